The standard InChI is InChI=1S/C16H18N4O2/c21-15-7-6-14(19-15)16(22)17-9-8-12-10-18-20(11-12)13-4-2-1-3-5-13/h1-5,10-11,14H,6-9H2,(H,17,22)(H,19,21)/t14-/m1/s1. The van der Waals surface area contributed by atoms with E-state index in [1.54, 1.807) is 6.20 Å². The maximum atomic E-state index is 11.9. The summed E-state index contributed by atoms with van der Waals surface area (Å²) in [5.74, 6) is -0.161. The molecule has 1 saturated heterocycles. The van der Waals surface area contributed by atoms with Crippen LogP contribution in [0.4, 0.5) is 0 Å². The van der Waals surface area contributed by atoms with Gasteiger partial charge in [-0.05, 0) is 30.5 Å². The van der Waals surface area contributed by atoms with E-state index >= 15 is 0 Å². The number of carbonyl (C=O) groups excluding carboxylic acids is 2. The Morgan fingerprint density at radius 2 is 2.18 bits per heavy atom. The van der Waals surface area contributed by atoms with Gasteiger partial charge in [-0.25, -0.2) is 4.68 Å². The molecule has 0 saturated carbocycles. The van der Waals surface area contributed by atoms with Crippen molar-refractivity contribution in [1.29, 1.82) is 0 Å². The summed E-state index contributed by atoms with van der Waals surface area (Å²) < 4.78 is 1.81. The van der Waals surface area contributed by atoms with Gasteiger partial charge < -0.3 is 10.6 Å². The Balaban J connectivity index is 1.49. The minimum Gasteiger partial charge on any atom is -0.354 e. The van der Waals surface area contributed by atoms with Crippen molar-refractivity contribution in [2.45, 2.75) is 25.3 Å². The molecule has 2 N–H and O–H groups in total. The number of hydrogen-bond donors (Lipinski definition) is 2. The molecule has 3 rings (SSSR count). The zero-order chi connectivity index (χ0) is 15.4. The van der Waals surface area contributed by atoms with E-state index in [2.05, 4.69) is 15.7 Å². The van der Waals surface area contributed by atoms with Gasteiger partial charge in [-0.3, -0.25) is 9.59 Å². The summed E-state index contributed by atoms with van der Waals surface area (Å²) in [6.45, 7) is 0.533. The predicted molar refractivity (Wildman–Crippen MR) is 81.4 cm³/mol. The van der Waals surface area contributed by atoms with Gasteiger partial charge in [-0.1, -0.05) is 18.2 Å². The third-order valence-electron chi connectivity index (χ3n) is 3.68. The van der Waals surface area contributed by atoms with Crippen LogP contribution in [-0.4, -0.2) is 34.2 Å². The van der Waals surface area contributed by atoms with E-state index in [1.165, 1.54) is 0 Å². The molecule has 2 aromatic rings. The van der Waals surface area contributed by atoms with Gasteiger partial charge in [0.15, 0.2) is 0 Å². The van der Waals surface area contributed by atoms with Crippen LogP contribution >= 0.6 is 0 Å². The van der Waals surface area contributed by atoms with Crippen LogP contribution in [0.3, 0.4) is 0 Å². The molecule has 1 aromatic heterocycles. The highest BCUT2D eigenvalue weighted by Crippen LogP contribution is 2.08. The second kappa shape index (κ2) is 6.43. The molecule has 1 fully saturated rings. The minimum absolute atomic E-state index is 0.0516. The monoisotopic (exact) mass is 298 g/mol. The van der Waals surface area contributed by atoms with Gasteiger partial charge in [0, 0.05) is 19.2 Å². The molecule has 1 aromatic carbocycles. The summed E-state index contributed by atoms with van der Waals surface area (Å²) in [5, 5.41) is 9.83. The molecule has 6 nitrogen and oxygen atoms in total. The number of carbonyl (C=O) groups is 2. The molecule has 22 heavy (non-hydrogen) atoms. The van der Waals surface area contributed by atoms with E-state index < -0.39 is 0 Å². The number of rotatable bonds is 5. The Morgan fingerprint density at radius 3 is 2.91 bits per heavy atom. The molecule has 1 aliphatic rings. The average molecular weight is 298 g/mol. The number of amides is 2. The van der Waals surface area contributed by atoms with E-state index in [1.807, 2.05) is 41.2 Å². The molecular weight excluding hydrogens is 280 g/mol. The first kappa shape index (κ1) is 14.3. The first-order valence-electron chi connectivity index (χ1n) is 7.38. The van der Waals surface area contributed by atoms with Gasteiger partial charge in [-0.2, -0.15) is 5.10 Å². The second-order valence-electron chi connectivity index (χ2n) is 5.33. The molecule has 114 valence electrons. The molecule has 0 spiro atoms. The fourth-order valence-corrected chi connectivity index (χ4v) is 2.48. The van der Waals surface area contributed by atoms with Crippen LogP contribution in [0.15, 0.2) is 42.7 Å². The molecule has 2 heterocycles. The molecule has 0 unspecified atom stereocenters. The molecule has 1 aliphatic heterocycles. The van der Waals surface area contributed by atoms with Crippen LogP contribution in [0.5, 0.6) is 0 Å². The van der Waals surface area contributed by atoms with Crippen molar-refractivity contribution >= 4 is 11.8 Å². The topological polar surface area (TPSA) is 76.0 Å². The van der Waals surface area contributed by atoms with Crippen LogP contribution in [0, 0.1) is 0 Å². The quantitative estimate of drug-likeness (QED) is 0.857. The maximum absolute atomic E-state index is 11.9. The van der Waals surface area contributed by atoms with Crippen molar-refractivity contribution in [3.63, 3.8) is 0 Å². The Kier molecular flexibility index (Phi) is 4.18. The highest BCUT2D eigenvalue weighted by atomic mass is 16.2. The third kappa shape index (κ3) is 3.33. The lowest BCUT2D eigenvalue weighted by atomic mass is 10.2. The molecule has 0 aliphatic carbocycles. The smallest absolute Gasteiger partial charge is 0.242 e. The van der Waals surface area contributed by atoms with Crippen molar-refractivity contribution in [3.8, 4) is 5.69 Å². The van der Waals surface area contributed by atoms with Crippen molar-refractivity contribution < 1.29 is 9.59 Å². The molecule has 1 atom stereocenters. The van der Waals surface area contributed by atoms with Gasteiger partial charge in [0.1, 0.15) is 6.04 Å². The number of benzene rings is 1. The first-order valence-corrected chi connectivity index (χ1v) is 7.38. The fraction of sp³-hybridized carbons (Fsp3) is 0.312. The molecule has 0 bridgehead atoms. The second-order valence-corrected chi connectivity index (χ2v) is 5.33. The summed E-state index contributed by atoms with van der Waals surface area (Å²) >= 11 is 0. The number of hydrogen-bond acceptors (Lipinski definition) is 3. The normalized spacial score (nSPS) is 17.3. The number of nitrogens with zero attached hydrogens (tertiary/aromatic N) is 2. The Hall–Kier alpha value is -2.63. The van der Waals surface area contributed by atoms with Crippen LogP contribution in [0.2, 0.25) is 0 Å². The first-order chi connectivity index (χ1) is 10.7. The van der Waals surface area contributed by atoms with Crippen molar-refractivity contribution in [1.82, 2.24) is 20.4 Å². The average Bonchev–Trinajstić information content (AvgIpc) is 3.17. The van der Waals surface area contributed by atoms with E-state index in [4.69, 9.17) is 0 Å². The van der Waals surface area contributed by atoms with Crippen LogP contribution in [0.1, 0.15) is 18.4 Å². The fourth-order valence-electron chi connectivity index (χ4n) is 2.48. The van der Waals surface area contributed by atoms with Crippen molar-refractivity contribution in [2.75, 3.05) is 6.54 Å². The molecule has 2 amide bonds. The predicted octanol–water partition coefficient (Wildman–Crippen LogP) is 0.810. The Bertz CT molecular complexity index is 666. The Labute approximate surface area is 128 Å². The zero-order valence-corrected chi connectivity index (χ0v) is 12.2. The van der Waals surface area contributed by atoms with E-state index in [9.17, 15) is 9.59 Å². The summed E-state index contributed by atoms with van der Waals surface area (Å²) in [5.41, 5.74) is 2.06. The van der Waals surface area contributed by atoms with E-state index in [0.29, 0.717) is 25.8 Å². The summed E-state index contributed by atoms with van der Waals surface area (Å²) in [4.78, 5) is 22.9. The van der Waals surface area contributed by atoms with Gasteiger partial charge in [-0.15, -0.1) is 0 Å². The SMILES string of the molecule is O=C1CC[C@H](C(=O)NCCc2cnn(-c3ccccc3)c2)N1. The van der Waals surface area contributed by atoms with Crippen LogP contribution in [-0.2, 0) is 16.0 Å². The number of nitrogens with one attached hydrogen (secondary N) is 2. The summed E-state index contributed by atoms with van der Waals surface area (Å²) in [6, 6.07) is 9.49. The lowest BCUT2D eigenvalue weighted by molar-refractivity contribution is -0.125. The molecule has 0 radical (unpaired) electrons. The number of aromatic nitrogens is 2. The zero-order valence-electron chi connectivity index (χ0n) is 12.2. The summed E-state index contributed by atoms with van der Waals surface area (Å²) in [7, 11) is 0. The molecule has 6 heteroatoms. The minimum atomic E-state index is -0.375. The summed E-state index contributed by atoms with van der Waals surface area (Å²) in [6.07, 6.45) is 5.48. The van der Waals surface area contributed by atoms with Gasteiger partial charge in [0.25, 0.3) is 0 Å². The van der Waals surface area contributed by atoms with Crippen molar-refractivity contribution in [2.24, 2.45) is 0 Å². The van der Waals surface area contributed by atoms with E-state index in [-0.39, 0.29) is 17.9 Å². The van der Waals surface area contributed by atoms with E-state index in [0.717, 1.165) is 11.3 Å². The molecular formula is C16H18N4O2. The van der Waals surface area contributed by atoms with Gasteiger partial charge in [0.05, 0.1) is 11.9 Å². The van der Waals surface area contributed by atoms with Crippen LogP contribution in [0.25, 0.3) is 5.69 Å². The highest BCUT2D eigenvalue weighted by molar-refractivity contribution is 5.90. The lowest BCUT2D eigenvalue weighted by Gasteiger charge is -2.10. The van der Waals surface area contributed by atoms with Gasteiger partial charge >= 0.3 is 0 Å². The largest absolute Gasteiger partial charge is 0.354 e. The third-order valence-corrected chi connectivity index (χ3v) is 3.68. The van der Waals surface area contributed by atoms with Gasteiger partial charge in [0.2, 0.25) is 11.8 Å². The maximum Gasteiger partial charge on any atom is 0.242 e. The number of para-hydroxylation sites is 1. The van der Waals surface area contributed by atoms with Crippen LogP contribution < -0.4 is 10.6 Å². The highest BCUT2D eigenvalue weighted by Gasteiger charge is 2.26. The lowest BCUT2D eigenvalue weighted by Crippen LogP contribution is -2.42. The van der Waals surface area contributed by atoms with Crippen molar-refractivity contribution in [3.05, 3.63) is 48.3 Å². The Morgan fingerprint density at radius 1 is 1.36 bits per heavy atom.